The Labute approximate surface area is 228 Å². The molecule has 0 saturated carbocycles. The van der Waals surface area contributed by atoms with Crippen LogP contribution in [0.2, 0.25) is 5.02 Å². The highest BCUT2D eigenvalue weighted by molar-refractivity contribution is 7.17. The van der Waals surface area contributed by atoms with E-state index < -0.39 is 17.9 Å². The van der Waals surface area contributed by atoms with Crippen molar-refractivity contribution in [1.29, 1.82) is 0 Å². The first-order valence-corrected chi connectivity index (χ1v) is 13.2. The number of amides is 1. The van der Waals surface area contributed by atoms with Gasteiger partial charge in [0, 0.05) is 5.02 Å². The van der Waals surface area contributed by atoms with Crippen molar-refractivity contribution in [2.45, 2.75) is 39.2 Å². The van der Waals surface area contributed by atoms with Crippen LogP contribution in [-0.4, -0.2) is 23.5 Å². The smallest absolute Gasteiger partial charge is 0.350 e. The van der Waals surface area contributed by atoms with Gasteiger partial charge in [-0.15, -0.1) is 0 Å². The van der Waals surface area contributed by atoms with Gasteiger partial charge in [0.05, 0.1) is 22.7 Å². The Hall–Kier alpha value is -3.75. The summed E-state index contributed by atoms with van der Waals surface area (Å²) in [7, 11) is 0. The number of aromatic nitrogens is 1. The highest BCUT2D eigenvalue weighted by Gasteiger charge is 2.45. The van der Waals surface area contributed by atoms with Gasteiger partial charge < -0.3 is 9.15 Å². The average Bonchev–Trinajstić information content (AvgIpc) is 3.40. The third kappa shape index (κ3) is 4.33. The molecule has 1 aliphatic heterocycles. The first-order valence-electron chi connectivity index (χ1n) is 12.0. The summed E-state index contributed by atoms with van der Waals surface area (Å²) in [6, 6.07) is 11.7. The number of ether oxygens (including phenoxy) is 1. The standard InChI is InChI=1S/C29H25ClN2O5S/c1-6-13-36-27(35)25-15(2)31-28(38-25)32-22(16-7-9-17(10-8-16)29(3,4)5)21-23(33)19-14-18(30)11-12-20(19)37-24(21)26(32)34/h6-12,14,22H,1,13H2,2-5H3. The van der Waals surface area contributed by atoms with E-state index in [1.807, 2.05) is 24.3 Å². The van der Waals surface area contributed by atoms with Gasteiger partial charge in [-0.05, 0) is 41.7 Å². The zero-order chi connectivity index (χ0) is 27.4. The van der Waals surface area contributed by atoms with Crippen molar-refractivity contribution in [2.24, 2.45) is 0 Å². The molecule has 0 saturated heterocycles. The Kier molecular flexibility index (Phi) is 6.49. The second-order valence-electron chi connectivity index (χ2n) is 10.1. The Morgan fingerprint density at radius 1 is 1.21 bits per heavy atom. The number of carbonyl (C=O) groups excluding carboxylic acids is 2. The molecule has 2 aromatic carbocycles. The number of thiazole rings is 1. The number of hydrogen-bond donors (Lipinski definition) is 0. The predicted octanol–water partition coefficient (Wildman–Crippen LogP) is 6.60. The Morgan fingerprint density at radius 2 is 1.92 bits per heavy atom. The number of hydrogen-bond acceptors (Lipinski definition) is 7. The van der Waals surface area contributed by atoms with Gasteiger partial charge in [-0.3, -0.25) is 14.5 Å². The molecule has 0 aliphatic carbocycles. The van der Waals surface area contributed by atoms with Crippen LogP contribution in [0.1, 0.15) is 69.4 Å². The molecule has 194 valence electrons. The van der Waals surface area contributed by atoms with Gasteiger partial charge in [-0.2, -0.15) is 0 Å². The Morgan fingerprint density at radius 3 is 2.58 bits per heavy atom. The zero-order valence-electron chi connectivity index (χ0n) is 21.3. The van der Waals surface area contributed by atoms with E-state index >= 15 is 0 Å². The van der Waals surface area contributed by atoms with Crippen molar-refractivity contribution in [1.82, 2.24) is 4.98 Å². The molecule has 38 heavy (non-hydrogen) atoms. The summed E-state index contributed by atoms with van der Waals surface area (Å²) in [5.74, 6) is -1.13. The number of carbonyl (C=O) groups is 2. The lowest BCUT2D eigenvalue weighted by atomic mass is 9.86. The lowest BCUT2D eigenvalue weighted by molar-refractivity contribution is 0.0554. The maximum atomic E-state index is 13.8. The molecule has 0 radical (unpaired) electrons. The number of nitrogens with zero attached hydrogens (tertiary/aromatic N) is 2. The fourth-order valence-corrected chi connectivity index (χ4v) is 5.66. The van der Waals surface area contributed by atoms with Gasteiger partial charge in [0.1, 0.15) is 17.1 Å². The molecule has 9 heteroatoms. The molecule has 7 nitrogen and oxygen atoms in total. The number of benzene rings is 2. The summed E-state index contributed by atoms with van der Waals surface area (Å²) < 4.78 is 11.2. The number of rotatable bonds is 5. The minimum atomic E-state index is -0.811. The van der Waals surface area contributed by atoms with E-state index in [9.17, 15) is 14.4 Å². The van der Waals surface area contributed by atoms with Crippen LogP contribution in [-0.2, 0) is 10.2 Å². The van der Waals surface area contributed by atoms with E-state index in [2.05, 4.69) is 32.3 Å². The van der Waals surface area contributed by atoms with Crippen molar-refractivity contribution in [3.8, 4) is 0 Å². The predicted molar refractivity (Wildman–Crippen MR) is 149 cm³/mol. The maximum absolute atomic E-state index is 13.8. The van der Waals surface area contributed by atoms with Crippen LogP contribution in [0.5, 0.6) is 0 Å². The maximum Gasteiger partial charge on any atom is 0.350 e. The summed E-state index contributed by atoms with van der Waals surface area (Å²) in [5.41, 5.74) is 2.27. The minimum absolute atomic E-state index is 0.0515. The van der Waals surface area contributed by atoms with Crippen molar-refractivity contribution in [3.05, 3.63) is 103 Å². The van der Waals surface area contributed by atoms with Crippen molar-refractivity contribution >= 4 is 50.9 Å². The molecule has 0 N–H and O–H groups in total. The van der Waals surface area contributed by atoms with Crippen molar-refractivity contribution in [2.75, 3.05) is 11.5 Å². The van der Waals surface area contributed by atoms with Gasteiger partial charge in [0.2, 0.25) is 5.76 Å². The molecule has 1 amide bonds. The first-order chi connectivity index (χ1) is 18.0. The molecule has 0 bridgehead atoms. The molecule has 1 aliphatic rings. The highest BCUT2D eigenvalue weighted by Crippen LogP contribution is 2.43. The molecule has 2 aromatic heterocycles. The molecule has 3 heterocycles. The molecule has 0 spiro atoms. The Bertz CT molecular complexity index is 1660. The third-order valence-electron chi connectivity index (χ3n) is 6.43. The lowest BCUT2D eigenvalue weighted by Gasteiger charge is -2.24. The summed E-state index contributed by atoms with van der Waals surface area (Å²) in [4.78, 5) is 46.5. The van der Waals surface area contributed by atoms with E-state index in [1.54, 1.807) is 19.1 Å². The molecule has 1 unspecified atom stereocenters. The van der Waals surface area contributed by atoms with Gasteiger partial charge in [-0.1, -0.05) is 80.6 Å². The molecule has 4 aromatic rings. The van der Waals surface area contributed by atoms with E-state index in [-0.39, 0.29) is 49.8 Å². The summed E-state index contributed by atoms with van der Waals surface area (Å²) in [5, 5.41) is 0.928. The van der Waals surface area contributed by atoms with E-state index in [4.69, 9.17) is 20.8 Å². The second-order valence-corrected chi connectivity index (χ2v) is 11.5. The second kappa shape index (κ2) is 9.53. The normalized spacial score (nSPS) is 15.1. The van der Waals surface area contributed by atoms with Crippen LogP contribution in [0, 0.1) is 6.92 Å². The van der Waals surface area contributed by atoms with Crippen LogP contribution < -0.4 is 10.3 Å². The third-order valence-corrected chi connectivity index (χ3v) is 7.81. The van der Waals surface area contributed by atoms with Gasteiger partial charge in [-0.25, -0.2) is 9.78 Å². The summed E-state index contributed by atoms with van der Waals surface area (Å²) >= 11 is 7.21. The van der Waals surface area contributed by atoms with Gasteiger partial charge >= 0.3 is 5.97 Å². The number of anilines is 1. The van der Waals surface area contributed by atoms with Gasteiger partial charge in [0.15, 0.2) is 10.6 Å². The molecular weight excluding hydrogens is 524 g/mol. The van der Waals surface area contributed by atoms with Crippen LogP contribution in [0.15, 0.2) is 64.3 Å². The highest BCUT2D eigenvalue weighted by atomic mass is 35.5. The van der Waals surface area contributed by atoms with E-state index in [0.29, 0.717) is 16.3 Å². The fraction of sp³-hybridized carbons (Fsp3) is 0.241. The zero-order valence-corrected chi connectivity index (χ0v) is 22.9. The lowest BCUT2D eigenvalue weighted by Crippen LogP contribution is -2.29. The minimum Gasteiger partial charge on any atom is -0.457 e. The van der Waals surface area contributed by atoms with Crippen molar-refractivity contribution in [3.63, 3.8) is 0 Å². The quantitative estimate of drug-likeness (QED) is 0.206. The topological polar surface area (TPSA) is 89.7 Å². The summed E-state index contributed by atoms with van der Waals surface area (Å²) in [6.45, 7) is 11.6. The van der Waals surface area contributed by atoms with Crippen LogP contribution in [0.4, 0.5) is 5.13 Å². The van der Waals surface area contributed by atoms with Crippen LogP contribution >= 0.6 is 22.9 Å². The first kappa shape index (κ1) is 25.9. The molecular formula is C29H25ClN2O5S. The summed E-state index contributed by atoms with van der Waals surface area (Å²) in [6.07, 6.45) is 1.47. The van der Waals surface area contributed by atoms with Gasteiger partial charge in [0.25, 0.3) is 5.91 Å². The number of fused-ring (bicyclic) bond motifs is 2. The number of halogens is 1. The Balaban J connectivity index is 1.71. The van der Waals surface area contributed by atoms with E-state index in [0.717, 1.165) is 16.9 Å². The SMILES string of the molecule is C=CCOC(=O)c1sc(N2C(=O)c3oc4ccc(Cl)cc4c(=O)c3C2c2ccc(C(C)(C)C)cc2)nc1C. The van der Waals surface area contributed by atoms with Crippen molar-refractivity contribution < 1.29 is 18.7 Å². The van der Waals surface area contributed by atoms with E-state index in [1.165, 1.54) is 17.0 Å². The molecule has 0 fully saturated rings. The average molecular weight is 549 g/mol. The van der Waals surface area contributed by atoms with Crippen LogP contribution in [0.3, 0.4) is 0 Å². The molecule has 1 atom stereocenters. The number of esters is 1. The molecule has 5 rings (SSSR count). The monoisotopic (exact) mass is 548 g/mol. The number of aryl methyl sites for hydroxylation is 1. The fourth-order valence-electron chi connectivity index (χ4n) is 4.50. The largest absolute Gasteiger partial charge is 0.457 e. The van der Waals surface area contributed by atoms with Crippen LogP contribution in [0.25, 0.3) is 11.0 Å².